The lowest BCUT2D eigenvalue weighted by atomic mass is 9.93. The molecule has 1 N–H and O–H groups in total. The van der Waals surface area contributed by atoms with E-state index in [2.05, 4.69) is 0 Å². The molecule has 0 radical (unpaired) electrons. The molecule has 0 spiro atoms. The van der Waals surface area contributed by atoms with Crippen LogP contribution in [0.25, 0.3) is 0 Å². The molecule has 4 rings (SSSR count). The van der Waals surface area contributed by atoms with E-state index in [1.54, 1.807) is 66.7 Å². The number of carbonyl (C=O) groups is 2. The number of imide groups is 1. The van der Waals surface area contributed by atoms with Crippen LogP contribution in [0.1, 0.15) is 37.4 Å². The Morgan fingerprint density at radius 1 is 0.885 bits per heavy atom. The van der Waals surface area contributed by atoms with E-state index in [0.29, 0.717) is 22.3 Å². The summed E-state index contributed by atoms with van der Waals surface area (Å²) in [6, 6.07) is 22.5. The Morgan fingerprint density at radius 3 is 2.19 bits per heavy atom. The van der Waals surface area contributed by atoms with E-state index in [9.17, 15) is 14.7 Å². The maximum atomic E-state index is 13.1. The van der Waals surface area contributed by atoms with Gasteiger partial charge >= 0.3 is 0 Å². The monoisotopic (exact) mass is 343 g/mol. The molecule has 0 aromatic heterocycles. The van der Waals surface area contributed by atoms with Crippen LogP contribution >= 0.6 is 0 Å². The Labute approximate surface area is 151 Å². The molecule has 1 aliphatic heterocycles. The predicted octanol–water partition coefficient (Wildman–Crippen LogP) is 3.48. The fraction of sp³-hybridized carbons (Fsp3) is 0.0909. The number of carbonyl (C=O) groups excluding carboxylic acids is 2. The van der Waals surface area contributed by atoms with Crippen LogP contribution < -0.4 is 0 Å². The van der Waals surface area contributed by atoms with Gasteiger partial charge in [-0.2, -0.15) is 0 Å². The van der Waals surface area contributed by atoms with Crippen LogP contribution in [-0.2, 0) is 5.72 Å². The standard InChI is InChI=1S/C22H17NO3/c1-15-11-13-17(14-12-15)22(26)19-10-6-5-9-18(19)21(25)23(22)20(24)16-7-3-2-4-8-16/h2-14,26H,1H3. The summed E-state index contributed by atoms with van der Waals surface area (Å²) < 4.78 is 0. The van der Waals surface area contributed by atoms with Crippen molar-refractivity contribution in [1.29, 1.82) is 0 Å². The Balaban J connectivity index is 1.93. The lowest BCUT2D eigenvalue weighted by molar-refractivity contribution is -0.0362. The summed E-state index contributed by atoms with van der Waals surface area (Å²) in [6.45, 7) is 1.94. The lowest BCUT2D eigenvalue weighted by Crippen LogP contribution is -2.48. The van der Waals surface area contributed by atoms with Gasteiger partial charge in [-0.05, 0) is 25.1 Å². The highest BCUT2D eigenvalue weighted by molar-refractivity contribution is 6.14. The van der Waals surface area contributed by atoms with Crippen molar-refractivity contribution in [3.05, 3.63) is 107 Å². The van der Waals surface area contributed by atoms with Gasteiger partial charge in [-0.25, -0.2) is 4.90 Å². The minimum absolute atomic E-state index is 0.333. The van der Waals surface area contributed by atoms with Crippen LogP contribution in [0.4, 0.5) is 0 Å². The molecule has 0 bridgehead atoms. The molecule has 128 valence electrons. The van der Waals surface area contributed by atoms with Gasteiger partial charge in [0.05, 0.1) is 0 Å². The van der Waals surface area contributed by atoms with Gasteiger partial charge in [0.25, 0.3) is 11.8 Å². The van der Waals surface area contributed by atoms with E-state index in [-0.39, 0.29) is 0 Å². The summed E-state index contributed by atoms with van der Waals surface area (Å²) in [6.07, 6.45) is 0. The number of hydrogen-bond acceptors (Lipinski definition) is 3. The zero-order valence-corrected chi connectivity index (χ0v) is 14.2. The molecule has 0 saturated carbocycles. The Morgan fingerprint density at radius 2 is 1.50 bits per heavy atom. The number of rotatable bonds is 2. The predicted molar refractivity (Wildman–Crippen MR) is 97.6 cm³/mol. The molecule has 1 aliphatic rings. The Kier molecular flexibility index (Phi) is 3.71. The van der Waals surface area contributed by atoms with Crippen LogP contribution in [0.5, 0.6) is 0 Å². The molecule has 26 heavy (non-hydrogen) atoms. The maximum Gasteiger partial charge on any atom is 0.264 e. The second kappa shape index (κ2) is 5.93. The highest BCUT2D eigenvalue weighted by Gasteiger charge is 2.52. The molecule has 4 nitrogen and oxygen atoms in total. The SMILES string of the molecule is Cc1ccc(C2(O)c3ccccc3C(=O)N2C(=O)c2ccccc2)cc1. The number of nitrogens with zero attached hydrogens (tertiary/aromatic N) is 1. The second-order valence-electron chi connectivity index (χ2n) is 6.40. The summed E-state index contributed by atoms with van der Waals surface area (Å²) in [5.41, 5.74) is 0.757. The van der Waals surface area contributed by atoms with E-state index >= 15 is 0 Å². The first-order chi connectivity index (χ1) is 12.5. The zero-order valence-electron chi connectivity index (χ0n) is 14.2. The fourth-order valence-electron chi connectivity index (χ4n) is 3.38. The summed E-state index contributed by atoms with van der Waals surface area (Å²) in [5.74, 6) is -1.03. The number of aliphatic hydroxyl groups is 1. The quantitative estimate of drug-likeness (QED) is 0.725. The first-order valence-corrected chi connectivity index (χ1v) is 8.36. The second-order valence-corrected chi connectivity index (χ2v) is 6.40. The number of benzene rings is 3. The summed E-state index contributed by atoms with van der Waals surface area (Å²) in [5, 5.41) is 11.7. The molecular formula is C22H17NO3. The van der Waals surface area contributed by atoms with Gasteiger partial charge < -0.3 is 5.11 Å². The van der Waals surface area contributed by atoms with Crippen molar-refractivity contribution in [2.24, 2.45) is 0 Å². The van der Waals surface area contributed by atoms with E-state index in [1.165, 1.54) is 0 Å². The van der Waals surface area contributed by atoms with E-state index in [1.807, 2.05) is 19.1 Å². The molecule has 3 aromatic carbocycles. The van der Waals surface area contributed by atoms with Crippen LogP contribution in [0, 0.1) is 6.92 Å². The molecule has 1 unspecified atom stereocenters. The van der Waals surface area contributed by atoms with Gasteiger partial charge in [0.15, 0.2) is 0 Å². The molecule has 2 amide bonds. The third kappa shape index (κ3) is 2.27. The van der Waals surface area contributed by atoms with Crippen molar-refractivity contribution >= 4 is 11.8 Å². The third-order valence-corrected chi connectivity index (χ3v) is 4.74. The molecule has 4 heteroatoms. The van der Waals surface area contributed by atoms with E-state index in [4.69, 9.17) is 0 Å². The van der Waals surface area contributed by atoms with Crippen molar-refractivity contribution in [2.75, 3.05) is 0 Å². The van der Waals surface area contributed by atoms with Gasteiger partial charge in [0.1, 0.15) is 0 Å². The van der Waals surface area contributed by atoms with Gasteiger partial charge in [-0.15, -0.1) is 0 Å². The van der Waals surface area contributed by atoms with Crippen LogP contribution in [-0.4, -0.2) is 21.8 Å². The van der Waals surface area contributed by atoms with Crippen molar-refractivity contribution in [2.45, 2.75) is 12.6 Å². The highest BCUT2D eigenvalue weighted by Crippen LogP contribution is 2.43. The average Bonchev–Trinajstić information content (AvgIpc) is 2.91. The fourth-order valence-corrected chi connectivity index (χ4v) is 3.38. The van der Waals surface area contributed by atoms with Gasteiger partial charge in [-0.1, -0.05) is 66.2 Å². The first-order valence-electron chi connectivity index (χ1n) is 8.36. The van der Waals surface area contributed by atoms with E-state index in [0.717, 1.165) is 10.5 Å². The van der Waals surface area contributed by atoms with Crippen molar-refractivity contribution in [1.82, 2.24) is 4.90 Å². The molecule has 0 aliphatic carbocycles. The van der Waals surface area contributed by atoms with Gasteiger partial charge in [0.2, 0.25) is 5.72 Å². The minimum Gasteiger partial charge on any atom is -0.363 e. The lowest BCUT2D eigenvalue weighted by Gasteiger charge is -2.33. The van der Waals surface area contributed by atoms with Crippen LogP contribution in [0.15, 0.2) is 78.9 Å². The Bertz CT molecular complexity index is 995. The summed E-state index contributed by atoms with van der Waals surface area (Å²) in [4.78, 5) is 27.1. The molecule has 1 heterocycles. The zero-order chi connectivity index (χ0) is 18.3. The van der Waals surface area contributed by atoms with Crippen LogP contribution in [0.2, 0.25) is 0 Å². The normalized spacial score (nSPS) is 18.7. The summed E-state index contributed by atoms with van der Waals surface area (Å²) >= 11 is 0. The largest absolute Gasteiger partial charge is 0.363 e. The number of hydrogen-bond donors (Lipinski definition) is 1. The molecule has 3 aromatic rings. The smallest absolute Gasteiger partial charge is 0.264 e. The number of fused-ring (bicyclic) bond motifs is 1. The van der Waals surface area contributed by atoms with Gasteiger partial charge in [0, 0.05) is 22.3 Å². The van der Waals surface area contributed by atoms with Crippen molar-refractivity contribution in [3.63, 3.8) is 0 Å². The molecule has 0 saturated heterocycles. The third-order valence-electron chi connectivity index (χ3n) is 4.74. The number of aryl methyl sites for hydroxylation is 1. The molecule has 1 atom stereocenters. The first kappa shape index (κ1) is 16.2. The summed E-state index contributed by atoms with van der Waals surface area (Å²) in [7, 11) is 0. The van der Waals surface area contributed by atoms with Crippen LogP contribution in [0.3, 0.4) is 0 Å². The van der Waals surface area contributed by atoms with Gasteiger partial charge in [-0.3, -0.25) is 9.59 Å². The molecular weight excluding hydrogens is 326 g/mol. The Hall–Kier alpha value is -3.24. The van der Waals surface area contributed by atoms with E-state index < -0.39 is 17.5 Å². The topological polar surface area (TPSA) is 57.6 Å². The highest BCUT2D eigenvalue weighted by atomic mass is 16.3. The average molecular weight is 343 g/mol. The maximum absolute atomic E-state index is 13.1. The minimum atomic E-state index is -1.84. The number of amides is 2. The van der Waals surface area contributed by atoms with Crippen molar-refractivity contribution in [3.8, 4) is 0 Å². The van der Waals surface area contributed by atoms with Crippen molar-refractivity contribution < 1.29 is 14.7 Å². The molecule has 0 fully saturated rings.